The molecule has 0 saturated heterocycles. The highest BCUT2D eigenvalue weighted by Gasteiger charge is 2.31. The van der Waals surface area contributed by atoms with E-state index in [1.807, 2.05) is 32.0 Å². The van der Waals surface area contributed by atoms with Crippen LogP contribution in [0.2, 0.25) is 0 Å². The summed E-state index contributed by atoms with van der Waals surface area (Å²) < 4.78 is 44.5. The highest BCUT2D eigenvalue weighted by atomic mass is 32.1. The largest absolute Gasteiger partial charge is 0.459 e. The summed E-state index contributed by atoms with van der Waals surface area (Å²) in [7, 11) is 0. The molecule has 0 saturated carbocycles. The number of rotatable bonds is 6. The summed E-state index contributed by atoms with van der Waals surface area (Å²) in [5.74, 6) is 0.307. The standard InChI is InChI=1S/C24H20F3N3O2S/c1-14-9-10-28-20(12-14)29-21(16-5-7-17(8-6-16)24(25,26)27)18-13-15(2)33-23(18)30-22(31)19-4-3-11-32-19/h3-13,21H,1-2H3,(H,28,29)(H,30,31)/t21-/m1/s1. The van der Waals surface area contributed by atoms with Crippen LogP contribution in [0.1, 0.15) is 43.7 Å². The fourth-order valence-corrected chi connectivity index (χ4v) is 4.33. The molecule has 0 radical (unpaired) electrons. The molecule has 9 heteroatoms. The van der Waals surface area contributed by atoms with Gasteiger partial charge in [0.05, 0.1) is 17.9 Å². The summed E-state index contributed by atoms with van der Waals surface area (Å²) in [5.41, 5.74) is 1.55. The molecule has 33 heavy (non-hydrogen) atoms. The lowest BCUT2D eigenvalue weighted by Gasteiger charge is -2.22. The topological polar surface area (TPSA) is 67.2 Å². The van der Waals surface area contributed by atoms with Gasteiger partial charge in [-0.1, -0.05) is 12.1 Å². The molecule has 0 aliphatic heterocycles. The second-order valence-corrected chi connectivity index (χ2v) is 8.74. The lowest BCUT2D eigenvalue weighted by molar-refractivity contribution is -0.137. The van der Waals surface area contributed by atoms with Crippen LogP contribution < -0.4 is 10.6 Å². The highest BCUT2D eigenvalue weighted by Crippen LogP contribution is 2.38. The van der Waals surface area contributed by atoms with E-state index in [2.05, 4.69) is 15.6 Å². The summed E-state index contributed by atoms with van der Waals surface area (Å²) in [6.07, 6.45) is -1.37. The van der Waals surface area contributed by atoms with Crippen molar-refractivity contribution in [2.24, 2.45) is 0 Å². The Labute approximate surface area is 192 Å². The summed E-state index contributed by atoms with van der Waals surface area (Å²) >= 11 is 1.37. The summed E-state index contributed by atoms with van der Waals surface area (Å²) in [5, 5.41) is 6.74. The highest BCUT2D eigenvalue weighted by molar-refractivity contribution is 7.16. The second kappa shape index (κ2) is 9.11. The minimum Gasteiger partial charge on any atom is -0.459 e. The fraction of sp³-hybridized carbons (Fsp3) is 0.167. The Bertz CT molecular complexity index is 1250. The first kappa shape index (κ1) is 22.6. The van der Waals surface area contributed by atoms with Crippen molar-refractivity contribution in [2.75, 3.05) is 10.6 Å². The van der Waals surface area contributed by atoms with Gasteiger partial charge in [-0.05, 0) is 67.4 Å². The van der Waals surface area contributed by atoms with E-state index in [0.29, 0.717) is 21.9 Å². The van der Waals surface area contributed by atoms with E-state index < -0.39 is 23.7 Å². The number of pyridine rings is 1. The summed E-state index contributed by atoms with van der Waals surface area (Å²) in [4.78, 5) is 17.9. The Morgan fingerprint density at radius 3 is 2.48 bits per heavy atom. The van der Waals surface area contributed by atoms with Crippen LogP contribution in [-0.2, 0) is 6.18 Å². The minimum atomic E-state index is -4.43. The van der Waals surface area contributed by atoms with E-state index in [1.165, 1.54) is 29.7 Å². The van der Waals surface area contributed by atoms with Crippen molar-refractivity contribution in [1.29, 1.82) is 0 Å². The molecule has 0 aliphatic rings. The maximum atomic E-state index is 13.1. The van der Waals surface area contributed by atoms with Gasteiger partial charge in [0.2, 0.25) is 0 Å². The molecule has 4 rings (SSSR count). The third kappa shape index (κ3) is 5.25. The second-order valence-electron chi connectivity index (χ2n) is 7.49. The number of benzene rings is 1. The third-order valence-corrected chi connectivity index (χ3v) is 5.93. The van der Waals surface area contributed by atoms with E-state index in [0.717, 1.165) is 22.6 Å². The molecule has 4 aromatic rings. The van der Waals surface area contributed by atoms with Gasteiger partial charge in [-0.15, -0.1) is 11.3 Å². The number of furan rings is 1. The normalized spacial score (nSPS) is 12.4. The number of anilines is 2. The van der Waals surface area contributed by atoms with E-state index in [1.54, 1.807) is 18.3 Å². The van der Waals surface area contributed by atoms with Gasteiger partial charge < -0.3 is 15.1 Å². The molecule has 1 atom stereocenters. The zero-order chi connectivity index (χ0) is 23.6. The van der Waals surface area contributed by atoms with Crippen molar-refractivity contribution in [1.82, 2.24) is 4.98 Å². The maximum absolute atomic E-state index is 13.1. The fourth-order valence-electron chi connectivity index (χ4n) is 3.39. The summed E-state index contributed by atoms with van der Waals surface area (Å²) in [6, 6.07) is 13.2. The zero-order valence-corrected chi connectivity index (χ0v) is 18.6. The predicted molar refractivity (Wildman–Crippen MR) is 122 cm³/mol. The number of hydrogen-bond acceptors (Lipinski definition) is 5. The van der Waals surface area contributed by atoms with Gasteiger partial charge in [0.15, 0.2) is 5.76 Å². The Kier molecular flexibility index (Phi) is 6.24. The van der Waals surface area contributed by atoms with E-state index in [4.69, 9.17) is 4.42 Å². The van der Waals surface area contributed by atoms with Gasteiger partial charge >= 0.3 is 6.18 Å². The first-order chi connectivity index (χ1) is 15.7. The Morgan fingerprint density at radius 1 is 1.09 bits per heavy atom. The molecule has 3 heterocycles. The molecule has 1 aromatic carbocycles. The predicted octanol–water partition coefficient (Wildman–Crippen LogP) is 6.83. The molecule has 3 aromatic heterocycles. The minimum absolute atomic E-state index is 0.159. The molecule has 0 spiro atoms. The monoisotopic (exact) mass is 471 g/mol. The molecular formula is C24H20F3N3O2S. The third-order valence-electron chi connectivity index (χ3n) is 4.95. The van der Waals surface area contributed by atoms with Crippen LogP contribution in [0.25, 0.3) is 0 Å². The van der Waals surface area contributed by atoms with Crippen molar-refractivity contribution in [2.45, 2.75) is 26.1 Å². The first-order valence-electron chi connectivity index (χ1n) is 10.0. The lowest BCUT2D eigenvalue weighted by atomic mass is 9.98. The number of aromatic nitrogens is 1. The molecule has 170 valence electrons. The van der Waals surface area contributed by atoms with Crippen molar-refractivity contribution < 1.29 is 22.4 Å². The Balaban J connectivity index is 1.74. The Morgan fingerprint density at radius 2 is 1.85 bits per heavy atom. The summed E-state index contributed by atoms with van der Waals surface area (Å²) in [6.45, 7) is 3.81. The van der Waals surface area contributed by atoms with E-state index in [9.17, 15) is 18.0 Å². The number of nitrogens with one attached hydrogen (secondary N) is 2. The van der Waals surface area contributed by atoms with Crippen LogP contribution in [0.15, 0.2) is 71.5 Å². The van der Waals surface area contributed by atoms with Gasteiger partial charge in [-0.2, -0.15) is 13.2 Å². The number of carbonyl (C=O) groups is 1. The molecule has 0 unspecified atom stereocenters. The van der Waals surface area contributed by atoms with Crippen molar-refractivity contribution >= 4 is 28.1 Å². The van der Waals surface area contributed by atoms with Gasteiger partial charge in [0.1, 0.15) is 10.8 Å². The van der Waals surface area contributed by atoms with Crippen LogP contribution in [0.5, 0.6) is 0 Å². The molecule has 1 amide bonds. The van der Waals surface area contributed by atoms with Gasteiger partial charge in [-0.3, -0.25) is 4.79 Å². The van der Waals surface area contributed by atoms with Crippen LogP contribution >= 0.6 is 11.3 Å². The maximum Gasteiger partial charge on any atom is 0.416 e. The van der Waals surface area contributed by atoms with Gasteiger partial charge in [-0.25, -0.2) is 4.98 Å². The molecule has 0 fully saturated rings. The molecule has 0 aliphatic carbocycles. The van der Waals surface area contributed by atoms with Crippen molar-refractivity contribution in [3.63, 3.8) is 0 Å². The number of halogens is 3. The van der Waals surface area contributed by atoms with Crippen LogP contribution in [0.3, 0.4) is 0 Å². The number of carbonyl (C=O) groups excluding carboxylic acids is 1. The molecular weight excluding hydrogens is 451 g/mol. The first-order valence-corrected chi connectivity index (χ1v) is 10.8. The smallest absolute Gasteiger partial charge is 0.416 e. The lowest BCUT2D eigenvalue weighted by Crippen LogP contribution is -2.17. The zero-order valence-electron chi connectivity index (χ0n) is 17.7. The number of nitrogens with zero attached hydrogens (tertiary/aromatic N) is 1. The van der Waals surface area contributed by atoms with E-state index in [-0.39, 0.29) is 5.76 Å². The SMILES string of the molecule is Cc1ccnc(N[C@H](c2ccc(C(F)(F)F)cc2)c2cc(C)sc2NC(=O)c2ccco2)c1. The van der Waals surface area contributed by atoms with Gasteiger partial charge in [0, 0.05) is 16.6 Å². The number of hydrogen-bond donors (Lipinski definition) is 2. The molecule has 5 nitrogen and oxygen atoms in total. The molecule has 0 bridgehead atoms. The number of thiophene rings is 1. The molecule has 2 N–H and O–H groups in total. The average molecular weight is 472 g/mol. The van der Waals surface area contributed by atoms with Crippen LogP contribution in [-0.4, -0.2) is 10.9 Å². The van der Waals surface area contributed by atoms with Crippen molar-refractivity contribution in [3.05, 3.63) is 99.9 Å². The van der Waals surface area contributed by atoms with E-state index >= 15 is 0 Å². The quantitative estimate of drug-likeness (QED) is 0.324. The number of amides is 1. The van der Waals surface area contributed by atoms with Crippen LogP contribution in [0.4, 0.5) is 24.0 Å². The number of aryl methyl sites for hydroxylation is 2. The van der Waals surface area contributed by atoms with Gasteiger partial charge in [0.25, 0.3) is 5.91 Å². The Hall–Kier alpha value is -3.59. The average Bonchev–Trinajstić information content (AvgIpc) is 3.42. The number of alkyl halides is 3. The van der Waals surface area contributed by atoms with Crippen molar-refractivity contribution in [3.8, 4) is 0 Å². The van der Waals surface area contributed by atoms with Crippen LogP contribution in [0, 0.1) is 13.8 Å².